The molecule has 1 fully saturated rings. The third kappa shape index (κ3) is 4.89. The van der Waals surface area contributed by atoms with Crippen LogP contribution in [0.1, 0.15) is 72.5 Å². The molecule has 3 aromatic rings. The quantitative estimate of drug-likeness (QED) is 0.475. The molecule has 2 aromatic carbocycles. The maximum atomic E-state index is 13.1. The smallest absolute Gasteiger partial charge is 0.343 e. The number of sulfonamides is 1. The van der Waals surface area contributed by atoms with Crippen LogP contribution in [0.4, 0.5) is 5.69 Å². The number of hydrogen-bond donors (Lipinski definition) is 2. The molecular weight excluding hydrogens is 476 g/mol. The summed E-state index contributed by atoms with van der Waals surface area (Å²) in [4.78, 5) is 13.2. The molecule has 0 saturated heterocycles. The monoisotopic (exact) mass is 504 g/mol. The Kier molecular flexibility index (Phi) is 6.59. The highest BCUT2D eigenvalue weighted by molar-refractivity contribution is 7.92. The molecule has 0 unspecified atom stereocenters. The minimum Gasteiger partial charge on any atom is -0.507 e. The van der Waals surface area contributed by atoms with Crippen LogP contribution in [0, 0.1) is 17.2 Å². The topological polar surface area (TPSA) is 120 Å². The molecule has 2 aliphatic rings. The molecule has 186 valence electrons. The zero-order chi connectivity index (χ0) is 25.3. The molecule has 1 heterocycles. The van der Waals surface area contributed by atoms with Gasteiger partial charge in [0, 0.05) is 23.6 Å². The SMILES string of the molecule is N#Cc1ccc(S(=O)(=O)Nc2cccc([C@H](c3c(O)c4c(oc3=O)CCCCCC4)C3CC3)c2)cc1. The van der Waals surface area contributed by atoms with E-state index in [1.807, 2.05) is 12.1 Å². The second kappa shape index (κ2) is 9.82. The van der Waals surface area contributed by atoms with E-state index >= 15 is 0 Å². The fourth-order valence-corrected chi connectivity index (χ4v) is 6.17. The molecule has 7 nitrogen and oxygen atoms in total. The molecule has 36 heavy (non-hydrogen) atoms. The van der Waals surface area contributed by atoms with E-state index in [0.29, 0.717) is 29.9 Å². The predicted molar refractivity (Wildman–Crippen MR) is 135 cm³/mol. The zero-order valence-electron chi connectivity index (χ0n) is 19.9. The van der Waals surface area contributed by atoms with Crippen molar-refractivity contribution in [3.05, 3.63) is 87.0 Å². The Balaban J connectivity index is 1.50. The molecule has 8 heteroatoms. The molecule has 0 bridgehead atoms. The summed E-state index contributed by atoms with van der Waals surface area (Å²) in [6.07, 6.45) is 7.21. The van der Waals surface area contributed by atoms with E-state index in [4.69, 9.17) is 9.68 Å². The van der Waals surface area contributed by atoms with Crippen LogP contribution >= 0.6 is 0 Å². The molecule has 1 aromatic heterocycles. The molecule has 0 aliphatic heterocycles. The number of hydrogen-bond acceptors (Lipinski definition) is 6. The summed E-state index contributed by atoms with van der Waals surface area (Å²) in [5, 5.41) is 20.3. The van der Waals surface area contributed by atoms with Crippen LogP contribution in [0.5, 0.6) is 5.75 Å². The normalized spacial score (nSPS) is 16.8. The number of nitriles is 1. The van der Waals surface area contributed by atoms with Crippen molar-refractivity contribution in [3.8, 4) is 11.8 Å². The van der Waals surface area contributed by atoms with Gasteiger partial charge in [-0.05, 0) is 80.0 Å². The van der Waals surface area contributed by atoms with Crippen LogP contribution in [0.25, 0.3) is 0 Å². The van der Waals surface area contributed by atoms with Gasteiger partial charge in [-0.25, -0.2) is 13.2 Å². The molecular formula is C28H28N2O5S. The molecule has 2 N–H and O–H groups in total. The van der Waals surface area contributed by atoms with Gasteiger partial charge in [-0.3, -0.25) is 4.72 Å². The van der Waals surface area contributed by atoms with Crippen LogP contribution in [0.15, 0.2) is 62.6 Å². The zero-order valence-corrected chi connectivity index (χ0v) is 20.7. The summed E-state index contributed by atoms with van der Waals surface area (Å²) in [5.41, 5.74) is 2.01. The van der Waals surface area contributed by atoms with Crippen LogP contribution in [0.3, 0.4) is 0 Å². The molecule has 1 atom stereocenters. The van der Waals surface area contributed by atoms with Gasteiger partial charge in [-0.15, -0.1) is 0 Å². The lowest BCUT2D eigenvalue weighted by atomic mass is 9.85. The summed E-state index contributed by atoms with van der Waals surface area (Å²) in [6, 6.07) is 14.6. The first-order valence-corrected chi connectivity index (χ1v) is 13.9. The van der Waals surface area contributed by atoms with Gasteiger partial charge in [0.15, 0.2) is 0 Å². The first kappa shape index (κ1) is 24.1. The van der Waals surface area contributed by atoms with Crippen LogP contribution < -0.4 is 10.3 Å². The Morgan fingerprint density at radius 3 is 2.44 bits per heavy atom. The van der Waals surface area contributed by atoms with E-state index in [1.54, 1.807) is 18.2 Å². The first-order valence-electron chi connectivity index (χ1n) is 12.4. The van der Waals surface area contributed by atoms with Gasteiger partial charge >= 0.3 is 5.63 Å². The van der Waals surface area contributed by atoms with Crippen molar-refractivity contribution < 1.29 is 17.9 Å². The van der Waals surface area contributed by atoms with Gasteiger partial charge in [-0.1, -0.05) is 25.0 Å². The summed E-state index contributed by atoms with van der Waals surface area (Å²) in [5.74, 6) is 0.440. The van der Waals surface area contributed by atoms with Crippen molar-refractivity contribution >= 4 is 15.7 Å². The summed E-state index contributed by atoms with van der Waals surface area (Å²) in [6.45, 7) is 0. The fourth-order valence-electron chi connectivity index (χ4n) is 5.12. The lowest BCUT2D eigenvalue weighted by Gasteiger charge is -2.22. The van der Waals surface area contributed by atoms with Crippen molar-refractivity contribution in [1.29, 1.82) is 5.26 Å². The highest BCUT2D eigenvalue weighted by Gasteiger charge is 2.38. The Bertz CT molecular complexity index is 1480. The number of fused-ring (bicyclic) bond motifs is 1. The Morgan fingerprint density at radius 2 is 1.75 bits per heavy atom. The molecule has 2 aliphatic carbocycles. The van der Waals surface area contributed by atoms with Gasteiger partial charge in [0.25, 0.3) is 10.0 Å². The van der Waals surface area contributed by atoms with Crippen molar-refractivity contribution in [3.63, 3.8) is 0 Å². The van der Waals surface area contributed by atoms with Crippen molar-refractivity contribution in [2.24, 2.45) is 5.92 Å². The third-order valence-electron chi connectivity index (χ3n) is 7.09. The minimum absolute atomic E-state index is 0.0450. The second-order valence-electron chi connectivity index (χ2n) is 9.65. The van der Waals surface area contributed by atoms with Gasteiger partial charge in [0.2, 0.25) is 0 Å². The lowest BCUT2D eigenvalue weighted by Crippen LogP contribution is -2.19. The third-order valence-corrected chi connectivity index (χ3v) is 8.49. The average molecular weight is 505 g/mol. The highest BCUT2D eigenvalue weighted by Crippen LogP contribution is 2.49. The van der Waals surface area contributed by atoms with E-state index in [2.05, 4.69) is 4.72 Å². The van der Waals surface area contributed by atoms with Crippen LogP contribution in [-0.4, -0.2) is 13.5 Å². The molecule has 0 amide bonds. The van der Waals surface area contributed by atoms with E-state index in [0.717, 1.165) is 49.7 Å². The Hall–Kier alpha value is -3.57. The largest absolute Gasteiger partial charge is 0.507 e. The standard InChI is InChI=1S/C28H28N2O5S/c29-17-18-10-14-22(15-11-18)36(33,34)30-21-7-5-6-20(16-21)25(19-12-13-19)26-27(31)23-8-3-1-2-4-9-24(23)35-28(26)32/h5-7,10-11,14-16,19,25,30-31H,1-4,8-9,12-13H2/t25-/m1/s1. The summed E-state index contributed by atoms with van der Waals surface area (Å²) in [7, 11) is -3.87. The van der Waals surface area contributed by atoms with Crippen molar-refractivity contribution in [2.75, 3.05) is 4.72 Å². The van der Waals surface area contributed by atoms with Gasteiger partial charge < -0.3 is 9.52 Å². The average Bonchev–Trinajstić information content (AvgIpc) is 3.68. The number of anilines is 1. The van der Waals surface area contributed by atoms with E-state index in [-0.39, 0.29) is 28.0 Å². The van der Waals surface area contributed by atoms with Gasteiger partial charge in [0.1, 0.15) is 11.5 Å². The number of nitrogens with zero attached hydrogens (tertiary/aromatic N) is 1. The second-order valence-corrected chi connectivity index (χ2v) is 11.3. The van der Waals surface area contributed by atoms with Crippen LogP contribution in [0.2, 0.25) is 0 Å². The number of benzene rings is 2. The summed E-state index contributed by atoms with van der Waals surface area (Å²) < 4.78 is 34.2. The van der Waals surface area contributed by atoms with E-state index in [1.165, 1.54) is 24.3 Å². The summed E-state index contributed by atoms with van der Waals surface area (Å²) >= 11 is 0. The van der Waals surface area contributed by atoms with Gasteiger partial charge in [-0.2, -0.15) is 5.26 Å². The van der Waals surface area contributed by atoms with Crippen molar-refractivity contribution in [1.82, 2.24) is 0 Å². The van der Waals surface area contributed by atoms with Gasteiger partial charge in [0.05, 0.1) is 22.1 Å². The van der Waals surface area contributed by atoms with Crippen LogP contribution in [-0.2, 0) is 22.9 Å². The Labute approximate surface area is 210 Å². The fraction of sp³-hybridized carbons (Fsp3) is 0.357. The van der Waals surface area contributed by atoms with E-state index < -0.39 is 15.6 Å². The maximum Gasteiger partial charge on any atom is 0.343 e. The number of aromatic hydroxyl groups is 1. The Morgan fingerprint density at radius 1 is 1.03 bits per heavy atom. The number of rotatable bonds is 6. The maximum absolute atomic E-state index is 13.1. The van der Waals surface area contributed by atoms with E-state index in [9.17, 15) is 18.3 Å². The molecule has 0 spiro atoms. The molecule has 1 saturated carbocycles. The predicted octanol–water partition coefficient (Wildman–Crippen LogP) is 5.22. The molecule has 0 radical (unpaired) electrons. The molecule has 5 rings (SSSR count). The number of aryl methyl sites for hydroxylation is 1. The lowest BCUT2D eigenvalue weighted by molar-refractivity contribution is 0.382. The first-order chi connectivity index (χ1) is 17.4. The van der Waals surface area contributed by atoms with Crippen molar-refractivity contribution in [2.45, 2.75) is 62.2 Å². The number of nitrogens with one attached hydrogen (secondary N) is 1. The minimum atomic E-state index is -3.87. The highest BCUT2D eigenvalue weighted by atomic mass is 32.2.